The molecule has 5 nitrogen and oxygen atoms in total. The minimum absolute atomic E-state index is 0.0276. The van der Waals surface area contributed by atoms with Crippen LogP contribution in [0.1, 0.15) is 47.3 Å². The van der Waals surface area contributed by atoms with Crippen LogP contribution in [0.5, 0.6) is 0 Å². The van der Waals surface area contributed by atoms with Gasteiger partial charge in [-0.3, -0.25) is 9.59 Å². The van der Waals surface area contributed by atoms with Crippen molar-refractivity contribution in [2.75, 3.05) is 13.1 Å². The smallest absolute Gasteiger partial charge is 0.255 e. The molecule has 144 valence electrons. The van der Waals surface area contributed by atoms with Gasteiger partial charge in [-0.05, 0) is 49.8 Å². The van der Waals surface area contributed by atoms with Gasteiger partial charge in [0.15, 0.2) is 0 Å². The second kappa shape index (κ2) is 9.09. The molecule has 3 rings (SSSR count). The van der Waals surface area contributed by atoms with Crippen LogP contribution in [0.3, 0.4) is 0 Å². The maximum Gasteiger partial charge on any atom is 0.255 e. The van der Waals surface area contributed by atoms with Crippen LogP contribution in [-0.4, -0.2) is 34.8 Å². The first-order valence-corrected chi connectivity index (χ1v) is 9.85. The zero-order valence-electron chi connectivity index (χ0n) is 15.6. The van der Waals surface area contributed by atoms with Gasteiger partial charge in [-0.15, -0.1) is 0 Å². The highest BCUT2D eigenvalue weighted by molar-refractivity contribution is 6.31. The van der Waals surface area contributed by atoms with E-state index in [0.29, 0.717) is 23.9 Å². The van der Waals surface area contributed by atoms with Gasteiger partial charge in [0.2, 0.25) is 5.91 Å². The van der Waals surface area contributed by atoms with Gasteiger partial charge >= 0.3 is 0 Å². The number of benzene rings is 1. The lowest BCUT2D eigenvalue weighted by atomic mass is 9.93. The van der Waals surface area contributed by atoms with Gasteiger partial charge in [0.25, 0.3) is 5.91 Å². The lowest BCUT2D eigenvalue weighted by Gasteiger charge is -2.32. The number of aryl methyl sites for hydroxylation is 1. The molecular weight excluding hydrogens is 362 g/mol. The van der Waals surface area contributed by atoms with Crippen molar-refractivity contribution >= 4 is 23.4 Å². The number of nitrogens with zero attached hydrogens (tertiary/aromatic N) is 1. The van der Waals surface area contributed by atoms with Crippen molar-refractivity contribution in [1.29, 1.82) is 0 Å². The van der Waals surface area contributed by atoms with Crippen LogP contribution in [0.2, 0.25) is 5.02 Å². The fourth-order valence-corrected chi connectivity index (χ4v) is 3.80. The summed E-state index contributed by atoms with van der Waals surface area (Å²) in [7, 11) is 0. The lowest BCUT2D eigenvalue weighted by molar-refractivity contribution is -0.121. The first-order chi connectivity index (χ1) is 13.0. The van der Waals surface area contributed by atoms with Gasteiger partial charge in [-0.25, -0.2) is 0 Å². The second-order valence-electron chi connectivity index (χ2n) is 7.18. The number of aromatic amines is 1. The van der Waals surface area contributed by atoms with Gasteiger partial charge in [-0.2, -0.15) is 0 Å². The molecule has 1 aliphatic rings. The third kappa shape index (κ3) is 5.13. The number of likely N-dealkylation sites (tertiary alicyclic amines) is 1. The van der Waals surface area contributed by atoms with E-state index in [1.165, 1.54) is 0 Å². The average Bonchev–Trinajstić information content (AvgIpc) is 3.11. The molecule has 0 saturated carbocycles. The molecule has 0 spiro atoms. The van der Waals surface area contributed by atoms with Crippen molar-refractivity contribution in [3.05, 3.63) is 58.4 Å². The Labute approximate surface area is 165 Å². The zero-order chi connectivity index (χ0) is 19.2. The van der Waals surface area contributed by atoms with E-state index in [9.17, 15) is 9.59 Å². The van der Waals surface area contributed by atoms with E-state index in [-0.39, 0.29) is 11.8 Å². The summed E-state index contributed by atoms with van der Waals surface area (Å²) in [6.07, 6.45) is 5.12. The minimum atomic E-state index is 0.0276. The van der Waals surface area contributed by atoms with Crippen molar-refractivity contribution < 1.29 is 9.59 Å². The first kappa shape index (κ1) is 19.5. The molecule has 27 heavy (non-hydrogen) atoms. The van der Waals surface area contributed by atoms with Crippen molar-refractivity contribution in [3.8, 4) is 0 Å². The summed E-state index contributed by atoms with van der Waals surface area (Å²) in [4.78, 5) is 29.8. The van der Waals surface area contributed by atoms with Crippen LogP contribution in [0.15, 0.2) is 36.5 Å². The van der Waals surface area contributed by atoms with Crippen molar-refractivity contribution in [2.24, 2.45) is 5.92 Å². The molecule has 1 aromatic heterocycles. The number of hydrogen-bond acceptors (Lipinski definition) is 2. The number of hydrogen-bond donors (Lipinski definition) is 2. The maximum atomic E-state index is 12.7. The van der Waals surface area contributed by atoms with Crippen LogP contribution in [0.4, 0.5) is 0 Å². The van der Waals surface area contributed by atoms with Crippen LogP contribution in [-0.2, 0) is 11.3 Å². The minimum Gasteiger partial charge on any atom is -0.365 e. The monoisotopic (exact) mass is 387 g/mol. The summed E-state index contributed by atoms with van der Waals surface area (Å²) >= 11 is 6.11. The van der Waals surface area contributed by atoms with Crippen LogP contribution < -0.4 is 5.32 Å². The molecule has 2 amide bonds. The molecule has 0 radical (unpaired) electrons. The number of piperidine rings is 1. The summed E-state index contributed by atoms with van der Waals surface area (Å²) in [5.41, 5.74) is 2.57. The predicted molar refractivity (Wildman–Crippen MR) is 107 cm³/mol. The SMILES string of the molecule is Cc1[nH]ccc1C(=O)N1CCC[C@H](CCC(=O)NCc2ccccc2Cl)C1. The summed E-state index contributed by atoms with van der Waals surface area (Å²) in [5, 5.41) is 3.60. The van der Waals surface area contributed by atoms with E-state index in [1.807, 2.05) is 42.2 Å². The Bertz CT molecular complexity index is 802. The molecule has 1 saturated heterocycles. The number of amides is 2. The largest absolute Gasteiger partial charge is 0.365 e. The number of nitrogens with one attached hydrogen (secondary N) is 2. The summed E-state index contributed by atoms with van der Waals surface area (Å²) < 4.78 is 0. The Kier molecular flexibility index (Phi) is 6.56. The third-order valence-electron chi connectivity index (χ3n) is 5.20. The number of carbonyl (C=O) groups is 2. The normalized spacial score (nSPS) is 17.0. The summed E-state index contributed by atoms with van der Waals surface area (Å²) in [6, 6.07) is 9.36. The summed E-state index contributed by atoms with van der Waals surface area (Å²) in [6.45, 7) is 3.87. The van der Waals surface area contributed by atoms with Crippen molar-refractivity contribution in [3.63, 3.8) is 0 Å². The molecule has 0 unspecified atom stereocenters. The molecule has 1 fully saturated rings. The van der Waals surface area contributed by atoms with Crippen molar-refractivity contribution in [2.45, 2.75) is 39.2 Å². The Morgan fingerprint density at radius 3 is 2.85 bits per heavy atom. The first-order valence-electron chi connectivity index (χ1n) is 9.48. The van der Waals surface area contributed by atoms with Crippen LogP contribution in [0.25, 0.3) is 0 Å². The lowest BCUT2D eigenvalue weighted by Crippen LogP contribution is -2.40. The molecule has 1 aliphatic heterocycles. The topological polar surface area (TPSA) is 65.2 Å². The van der Waals surface area contributed by atoms with E-state index in [2.05, 4.69) is 10.3 Å². The highest BCUT2D eigenvalue weighted by Crippen LogP contribution is 2.23. The Balaban J connectivity index is 1.45. The summed E-state index contributed by atoms with van der Waals surface area (Å²) in [5.74, 6) is 0.481. The Morgan fingerprint density at radius 1 is 1.30 bits per heavy atom. The predicted octanol–water partition coefficient (Wildman–Crippen LogP) is 3.93. The molecule has 2 N–H and O–H groups in total. The number of carbonyl (C=O) groups excluding carboxylic acids is 2. The Hall–Kier alpha value is -2.27. The molecule has 1 aromatic carbocycles. The molecule has 2 aromatic rings. The highest BCUT2D eigenvalue weighted by atomic mass is 35.5. The second-order valence-corrected chi connectivity index (χ2v) is 7.59. The average molecular weight is 388 g/mol. The quantitative estimate of drug-likeness (QED) is 0.788. The molecular formula is C21H26ClN3O2. The Morgan fingerprint density at radius 2 is 2.11 bits per heavy atom. The van der Waals surface area contributed by atoms with Gasteiger partial charge in [0.05, 0.1) is 5.56 Å². The van der Waals surface area contributed by atoms with E-state index >= 15 is 0 Å². The van der Waals surface area contributed by atoms with E-state index in [0.717, 1.165) is 49.2 Å². The molecule has 0 bridgehead atoms. The fourth-order valence-electron chi connectivity index (χ4n) is 3.60. The fraction of sp³-hybridized carbons (Fsp3) is 0.429. The van der Waals surface area contributed by atoms with Crippen LogP contribution >= 0.6 is 11.6 Å². The molecule has 2 heterocycles. The van der Waals surface area contributed by atoms with E-state index in [4.69, 9.17) is 11.6 Å². The number of H-pyrrole nitrogens is 1. The standard InChI is InChI=1S/C21H26ClN3O2/c1-15-18(10-11-23-15)21(27)25-12-4-5-16(14-25)8-9-20(26)24-13-17-6-2-3-7-19(17)22/h2-3,6-7,10-11,16,23H,4-5,8-9,12-14H2,1H3,(H,24,26)/t16-/m1/s1. The van der Waals surface area contributed by atoms with Gasteiger partial charge in [0.1, 0.15) is 0 Å². The number of aromatic nitrogens is 1. The molecule has 0 aliphatic carbocycles. The van der Waals surface area contributed by atoms with Gasteiger partial charge in [0, 0.05) is 43.0 Å². The highest BCUT2D eigenvalue weighted by Gasteiger charge is 2.25. The number of rotatable bonds is 6. The molecule has 1 atom stereocenters. The molecule has 6 heteroatoms. The van der Waals surface area contributed by atoms with E-state index < -0.39 is 0 Å². The van der Waals surface area contributed by atoms with Crippen LogP contribution in [0, 0.1) is 12.8 Å². The van der Waals surface area contributed by atoms with E-state index in [1.54, 1.807) is 6.20 Å². The van der Waals surface area contributed by atoms with Gasteiger partial charge in [-0.1, -0.05) is 29.8 Å². The third-order valence-corrected chi connectivity index (χ3v) is 5.57. The number of halogens is 1. The van der Waals surface area contributed by atoms with Gasteiger partial charge < -0.3 is 15.2 Å². The maximum absolute atomic E-state index is 12.7. The zero-order valence-corrected chi connectivity index (χ0v) is 16.4. The van der Waals surface area contributed by atoms with Crippen molar-refractivity contribution in [1.82, 2.24) is 15.2 Å².